The molecule has 0 bridgehead atoms. The number of likely N-dealkylation sites (tertiary alicyclic amines) is 1. The molecule has 1 atom stereocenters. The quantitative estimate of drug-likeness (QED) is 0.754. The van der Waals surface area contributed by atoms with E-state index < -0.39 is 0 Å². The van der Waals surface area contributed by atoms with Crippen molar-refractivity contribution in [2.45, 2.75) is 12.5 Å². The fraction of sp³-hybridized carbons (Fsp3) is 0.333. The zero-order valence-corrected chi connectivity index (χ0v) is 15.0. The van der Waals surface area contributed by atoms with Gasteiger partial charge in [0.05, 0.1) is 5.02 Å². The average molecular weight is 360 g/mol. The smallest absolute Gasteiger partial charge is 0.270 e. The van der Waals surface area contributed by atoms with Crippen molar-refractivity contribution in [3.05, 3.63) is 41.4 Å². The van der Waals surface area contributed by atoms with Crippen LogP contribution in [0.25, 0.3) is 22.2 Å². The van der Waals surface area contributed by atoms with Gasteiger partial charge in [-0.1, -0.05) is 11.6 Å². The van der Waals surface area contributed by atoms with E-state index in [0.717, 1.165) is 41.7 Å². The molecule has 3 aromatic rings. The summed E-state index contributed by atoms with van der Waals surface area (Å²) in [4.78, 5) is 27.3. The third kappa shape index (κ3) is 2.81. The van der Waals surface area contributed by atoms with E-state index in [1.54, 1.807) is 6.20 Å². The molecule has 132 valence electrons. The summed E-state index contributed by atoms with van der Waals surface area (Å²) in [7, 11) is 4.11. The summed E-state index contributed by atoms with van der Waals surface area (Å²) in [6, 6.07) is 4.24. The monoisotopic (exact) mass is 359 g/mol. The highest BCUT2D eigenvalue weighted by molar-refractivity contribution is 6.34. The molecule has 0 spiro atoms. The van der Waals surface area contributed by atoms with Crippen molar-refractivity contribution >= 4 is 28.5 Å². The van der Waals surface area contributed by atoms with E-state index in [2.05, 4.69) is 33.9 Å². The number of carbonyl (C=O) groups excluding carboxylic acids is 1. The van der Waals surface area contributed by atoms with Crippen LogP contribution in [-0.4, -0.2) is 63.9 Å². The second-order valence-electron chi connectivity index (χ2n) is 6.68. The summed E-state index contributed by atoms with van der Waals surface area (Å²) in [5, 5.41) is 1.51. The Kier molecular flexibility index (Phi) is 4.01. The van der Waals surface area contributed by atoms with Crippen molar-refractivity contribution in [3.8, 4) is 11.1 Å². The SMILES string of the molecule is CN(C)C1CCN(C(=O)c2cc(-c3c(Cl)cnc4[nH]ccc34)c[nH]2)C1.[HH]. The van der Waals surface area contributed by atoms with Gasteiger partial charge in [0.25, 0.3) is 5.91 Å². The van der Waals surface area contributed by atoms with Gasteiger partial charge in [0.2, 0.25) is 0 Å². The molecular formula is C18H22ClN5O. The van der Waals surface area contributed by atoms with Crippen LogP contribution in [0.5, 0.6) is 0 Å². The fourth-order valence-electron chi connectivity index (χ4n) is 3.46. The van der Waals surface area contributed by atoms with Crippen LogP contribution < -0.4 is 0 Å². The van der Waals surface area contributed by atoms with Crippen molar-refractivity contribution in [1.82, 2.24) is 24.8 Å². The molecule has 1 unspecified atom stereocenters. The standard InChI is InChI=1S/C18H20ClN5O.H2/c1-23(2)12-4-6-24(10-12)18(25)15-7-11(8-21-15)16-13-3-5-20-17(13)22-9-14(16)19;/h3,5,7-9,12,21H,4,6,10H2,1-2H3,(H,20,22);1H. The molecule has 25 heavy (non-hydrogen) atoms. The number of amides is 1. The molecule has 1 fully saturated rings. The molecule has 4 heterocycles. The summed E-state index contributed by atoms with van der Waals surface area (Å²) >= 11 is 6.37. The third-order valence-electron chi connectivity index (χ3n) is 4.92. The van der Waals surface area contributed by atoms with E-state index in [4.69, 9.17) is 11.6 Å². The second kappa shape index (κ2) is 6.20. The predicted molar refractivity (Wildman–Crippen MR) is 101 cm³/mol. The molecule has 4 rings (SSSR count). The number of pyridine rings is 1. The first-order valence-corrected chi connectivity index (χ1v) is 8.68. The van der Waals surface area contributed by atoms with Crippen LogP contribution in [0.4, 0.5) is 0 Å². The number of hydrogen-bond donors (Lipinski definition) is 2. The molecule has 0 saturated carbocycles. The Hall–Kier alpha value is -2.31. The maximum absolute atomic E-state index is 12.8. The van der Waals surface area contributed by atoms with Crippen LogP contribution in [0.2, 0.25) is 5.02 Å². The maximum Gasteiger partial charge on any atom is 0.270 e. The van der Waals surface area contributed by atoms with Crippen molar-refractivity contribution in [1.29, 1.82) is 0 Å². The maximum atomic E-state index is 12.8. The minimum atomic E-state index is 0. The zero-order valence-electron chi connectivity index (χ0n) is 14.2. The Balaban J connectivity index is 0.00000196. The molecule has 3 aromatic heterocycles. The predicted octanol–water partition coefficient (Wildman–Crippen LogP) is 3.23. The lowest BCUT2D eigenvalue weighted by Crippen LogP contribution is -2.34. The molecule has 0 radical (unpaired) electrons. The third-order valence-corrected chi connectivity index (χ3v) is 5.21. The highest BCUT2D eigenvalue weighted by Crippen LogP contribution is 2.34. The molecule has 1 saturated heterocycles. The van der Waals surface area contributed by atoms with E-state index in [-0.39, 0.29) is 7.33 Å². The van der Waals surface area contributed by atoms with E-state index in [1.165, 1.54) is 0 Å². The van der Waals surface area contributed by atoms with Gasteiger partial charge < -0.3 is 19.8 Å². The minimum Gasteiger partial charge on any atom is -0.357 e. The van der Waals surface area contributed by atoms with E-state index in [0.29, 0.717) is 16.8 Å². The van der Waals surface area contributed by atoms with Crippen LogP contribution in [-0.2, 0) is 0 Å². The molecular weight excluding hydrogens is 338 g/mol. The lowest BCUT2D eigenvalue weighted by atomic mass is 10.1. The first-order chi connectivity index (χ1) is 12.0. The van der Waals surface area contributed by atoms with Crippen LogP contribution in [0.1, 0.15) is 18.3 Å². The Labute approximate surface area is 152 Å². The fourth-order valence-corrected chi connectivity index (χ4v) is 3.72. The number of aromatic amines is 2. The minimum absolute atomic E-state index is 0. The number of H-pyrrole nitrogens is 2. The van der Waals surface area contributed by atoms with Crippen LogP contribution in [0.15, 0.2) is 30.7 Å². The Morgan fingerprint density at radius 1 is 1.44 bits per heavy atom. The number of carbonyl (C=O) groups is 1. The molecule has 2 N–H and O–H groups in total. The van der Waals surface area contributed by atoms with Gasteiger partial charge in [0, 0.05) is 55.7 Å². The summed E-state index contributed by atoms with van der Waals surface area (Å²) < 4.78 is 0. The van der Waals surface area contributed by atoms with Crippen molar-refractivity contribution in [2.24, 2.45) is 0 Å². The molecule has 1 aliphatic rings. The zero-order chi connectivity index (χ0) is 17.6. The van der Waals surface area contributed by atoms with E-state index >= 15 is 0 Å². The lowest BCUT2D eigenvalue weighted by molar-refractivity contribution is 0.0778. The molecule has 6 nitrogen and oxygen atoms in total. The number of hydrogen-bond acceptors (Lipinski definition) is 3. The van der Waals surface area contributed by atoms with Gasteiger partial charge in [0.1, 0.15) is 11.3 Å². The van der Waals surface area contributed by atoms with Crippen LogP contribution in [0.3, 0.4) is 0 Å². The summed E-state index contributed by atoms with van der Waals surface area (Å²) in [6.07, 6.45) is 6.31. The van der Waals surface area contributed by atoms with Crippen molar-refractivity contribution in [2.75, 3.05) is 27.2 Å². The number of nitrogens with one attached hydrogen (secondary N) is 2. The average Bonchev–Trinajstić information content (AvgIpc) is 3.33. The normalized spacial score (nSPS) is 17.8. The van der Waals surface area contributed by atoms with Gasteiger partial charge in [-0.05, 0) is 32.6 Å². The van der Waals surface area contributed by atoms with Crippen molar-refractivity contribution in [3.63, 3.8) is 0 Å². The van der Waals surface area contributed by atoms with Gasteiger partial charge in [-0.15, -0.1) is 0 Å². The van der Waals surface area contributed by atoms with Gasteiger partial charge in [-0.2, -0.15) is 0 Å². The number of fused-ring (bicyclic) bond motifs is 1. The first kappa shape index (κ1) is 16.2. The van der Waals surface area contributed by atoms with Crippen molar-refractivity contribution < 1.29 is 6.22 Å². The largest absolute Gasteiger partial charge is 0.357 e. The number of rotatable bonds is 3. The number of aromatic nitrogens is 3. The Bertz CT molecular complexity index is 935. The van der Waals surface area contributed by atoms with Crippen LogP contribution >= 0.6 is 11.6 Å². The van der Waals surface area contributed by atoms with Gasteiger partial charge in [0.15, 0.2) is 0 Å². The highest BCUT2D eigenvalue weighted by atomic mass is 35.5. The van der Waals surface area contributed by atoms with E-state index in [9.17, 15) is 4.79 Å². The van der Waals surface area contributed by atoms with Crippen LogP contribution in [0, 0.1) is 0 Å². The van der Waals surface area contributed by atoms with Gasteiger partial charge >= 0.3 is 0 Å². The number of halogens is 1. The first-order valence-electron chi connectivity index (χ1n) is 8.30. The molecule has 0 aromatic carbocycles. The van der Waals surface area contributed by atoms with E-state index in [1.807, 2.05) is 29.4 Å². The highest BCUT2D eigenvalue weighted by Gasteiger charge is 2.29. The number of nitrogens with zero attached hydrogens (tertiary/aromatic N) is 3. The molecule has 0 aliphatic carbocycles. The second-order valence-corrected chi connectivity index (χ2v) is 7.09. The lowest BCUT2D eigenvalue weighted by Gasteiger charge is -2.20. The Morgan fingerprint density at radius 3 is 3.04 bits per heavy atom. The molecule has 7 heteroatoms. The summed E-state index contributed by atoms with van der Waals surface area (Å²) in [6.45, 7) is 1.55. The molecule has 1 amide bonds. The van der Waals surface area contributed by atoms with Gasteiger partial charge in [-0.3, -0.25) is 4.79 Å². The Morgan fingerprint density at radius 2 is 2.28 bits per heavy atom. The summed E-state index contributed by atoms with van der Waals surface area (Å²) in [5.74, 6) is 0.0334. The van der Waals surface area contributed by atoms with Gasteiger partial charge in [-0.25, -0.2) is 4.98 Å². The molecule has 1 aliphatic heterocycles. The summed E-state index contributed by atoms with van der Waals surface area (Å²) in [5.41, 5.74) is 3.15. The number of likely N-dealkylation sites (N-methyl/N-ethyl adjacent to an activating group) is 1. The topological polar surface area (TPSA) is 68.0 Å².